The molecule has 0 aliphatic carbocycles. The number of halogens is 2. The molecule has 0 saturated carbocycles. The number of anilines is 1. The number of rotatable bonds is 5. The average molecular weight is 431 g/mol. The first-order chi connectivity index (χ1) is 14.6. The third kappa shape index (κ3) is 4.09. The van der Waals surface area contributed by atoms with Crippen molar-refractivity contribution in [3.63, 3.8) is 0 Å². The molecule has 2 aromatic carbocycles. The van der Waals surface area contributed by atoms with Crippen LogP contribution in [0.5, 0.6) is 0 Å². The second kappa shape index (κ2) is 8.13. The Morgan fingerprint density at radius 1 is 1.13 bits per heavy atom. The first kappa shape index (κ1) is 21.9. The number of nitrogens with one attached hydrogen (secondary N) is 2. The second-order valence-electron chi connectivity index (χ2n) is 7.14. The van der Waals surface area contributed by atoms with Crippen LogP contribution >= 0.6 is 0 Å². The first-order valence-electron chi connectivity index (χ1n) is 9.15. The van der Waals surface area contributed by atoms with Gasteiger partial charge >= 0.3 is 12.0 Å². The predicted molar refractivity (Wildman–Crippen MR) is 105 cm³/mol. The summed E-state index contributed by atoms with van der Waals surface area (Å²) in [5.74, 6) is -4.34. The lowest BCUT2D eigenvalue weighted by molar-refractivity contribution is -0.133. The zero-order valence-electron chi connectivity index (χ0n) is 16.9. The molecule has 0 bridgehead atoms. The fourth-order valence-electron chi connectivity index (χ4n) is 3.18. The fraction of sp³-hybridized carbons (Fsp3) is 0.238. The Morgan fingerprint density at radius 3 is 2.48 bits per heavy atom. The molecule has 1 atom stereocenters. The molecule has 0 radical (unpaired) electrons. The number of ether oxygens (including phenoxy) is 1. The van der Waals surface area contributed by atoms with E-state index in [0.29, 0.717) is 16.2 Å². The van der Waals surface area contributed by atoms with Gasteiger partial charge in [0, 0.05) is 5.69 Å². The number of hydrogen-bond donors (Lipinski definition) is 2. The lowest BCUT2D eigenvalue weighted by Gasteiger charge is -2.22. The topological polar surface area (TPSA) is 105 Å². The van der Waals surface area contributed by atoms with Crippen LogP contribution in [0.15, 0.2) is 36.4 Å². The van der Waals surface area contributed by atoms with Crippen molar-refractivity contribution in [3.8, 4) is 0 Å². The molecular formula is C21H19F2N3O5. The zero-order chi connectivity index (χ0) is 22.9. The van der Waals surface area contributed by atoms with Gasteiger partial charge < -0.3 is 15.4 Å². The summed E-state index contributed by atoms with van der Waals surface area (Å²) in [7, 11) is 1.22. The Kier molecular flexibility index (Phi) is 5.74. The predicted octanol–water partition coefficient (Wildman–Crippen LogP) is 2.47. The Bertz CT molecular complexity index is 1100. The molecule has 0 spiro atoms. The number of methoxy groups -OCH3 is 1. The minimum Gasteiger partial charge on any atom is -0.465 e. The van der Waals surface area contributed by atoms with E-state index in [1.165, 1.54) is 32.2 Å². The molecule has 4 amide bonds. The number of esters is 1. The van der Waals surface area contributed by atoms with Crippen LogP contribution in [0.25, 0.3) is 0 Å². The summed E-state index contributed by atoms with van der Waals surface area (Å²) < 4.78 is 31.5. The van der Waals surface area contributed by atoms with Crippen LogP contribution < -0.4 is 10.6 Å². The summed E-state index contributed by atoms with van der Waals surface area (Å²) in [5, 5.41) is 4.96. The molecule has 1 fully saturated rings. The number of amides is 4. The SMILES string of the molecule is COC(=O)c1ccc(C)c(NC(=O)CN2C(=O)NC(C)(c3ccc(F)c(F)c3)C2=O)c1. The average Bonchev–Trinajstić information content (AvgIpc) is 2.95. The van der Waals surface area contributed by atoms with Crippen molar-refractivity contribution in [2.24, 2.45) is 0 Å². The monoisotopic (exact) mass is 431 g/mol. The molecule has 1 saturated heterocycles. The van der Waals surface area contributed by atoms with Gasteiger partial charge in [-0.1, -0.05) is 12.1 Å². The van der Waals surface area contributed by atoms with Crippen LogP contribution in [0.1, 0.15) is 28.4 Å². The van der Waals surface area contributed by atoms with Gasteiger partial charge in [0.05, 0.1) is 12.7 Å². The minimum absolute atomic E-state index is 0.0364. The van der Waals surface area contributed by atoms with Gasteiger partial charge in [0.2, 0.25) is 5.91 Å². The van der Waals surface area contributed by atoms with Crippen molar-refractivity contribution < 1.29 is 32.7 Å². The highest BCUT2D eigenvalue weighted by atomic mass is 19.2. The van der Waals surface area contributed by atoms with Crippen molar-refractivity contribution in [1.82, 2.24) is 10.2 Å². The number of aryl methyl sites for hydroxylation is 1. The third-order valence-electron chi connectivity index (χ3n) is 5.01. The fourth-order valence-corrected chi connectivity index (χ4v) is 3.18. The van der Waals surface area contributed by atoms with E-state index in [1.54, 1.807) is 13.0 Å². The Labute approximate surface area is 176 Å². The van der Waals surface area contributed by atoms with Gasteiger partial charge in [-0.15, -0.1) is 0 Å². The van der Waals surface area contributed by atoms with Crippen LogP contribution in [0, 0.1) is 18.6 Å². The molecular weight excluding hydrogens is 412 g/mol. The van der Waals surface area contributed by atoms with Gasteiger partial charge in [0.1, 0.15) is 12.1 Å². The van der Waals surface area contributed by atoms with Crippen molar-refractivity contribution in [2.75, 3.05) is 19.0 Å². The molecule has 1 heterocycles. The minimum atomic E-state index is -1.66. The Balaban J connectivity index is 1.78. The van der Waals surface area contributed by atoms with Crippen molar-refractivity contribution >= 4 is 29.5 Å². The lowest BCUT2D eigenvalue weighted by Crippen LogP contribution is -2.42. The smallest absolute Gasteiger partial charge is 0.337 e. The van der Waals surface area contributed by atoms with Gasteiger partial charge in [-0.3, -0.25) is 14.5 Å². The second-order valence-corrected chi connectivity index (χ2v) is 7.14. The molecule has 0 aromatic heterocycles. The first-order valence-corrected chi connectivity index (χ1v) is 9.15. The van der Waals surface area contributed by atoms with Crippen molar-refractivity contribution in [3.05, 3.63) is 64.7 Å². The van der Waals surface area contributed by atoms with Crippen LogP contribution in [0.2, 0.25) is 0 Å². The van der Waals surface area contributed by atoms with Crippen LogP contribution in [-0.4, -0.2) is 42.4 Å². The van der Waals surface area contributed by atoms with Crippen molar-refractivity contribution in [1.29, 1.82) is 0 Å². The summed E-state index contributed by atoms with van der Waals surface area (Å²) in [6.07, 6.45) is 0. The summed E-state index contributed by atoms with van der Waals surface area (Å²) in [4.78, 5) is 50.1. The molecule has 2 N–H and O–H groups in total. The Morgan fingerprint density at radius 2 is 1.84 bits per heavy atom. The quantitative estimate of drug-likeness (QED) is 0.559. The van der Waals surface area contributed by atoms with Gasteiger partial charge in [0.25, 0.3) is 5.91 Å². The van der Waals surface area contributed by atoms with Crippen LogP contribution in [0.4, 0.5) is 19.3 Å². The van der Waals surface area contributed by atoms with Gasteiger partial charge in [-0.05, 0) is 49.2 Å². The number of benzene rings is 2. The van der Waals surface area contributed by atoms with Gasteiger partial charge in [-0.2, -0.15) is 0 Å². The Hall–Kier alpha value is -3.82. The molecule has 3 rings (SSSR count). The maximum atomic E-state index is 13.6. The van der Waals surface area contributed by atoms with E-state index in [1.807, 2.05) is 0 Å². The number of hydrogen-bond acceptors (Lipinski definition) is 5. The molecule has 1 aliphatic rings. The molecule has 2 aromatic rings. The lowest BCUT2D eigenvalue weighted by atomic mass is 9.92. The number of imide groups is 1. The van der Waals surface area contributed by atoms with E-state index >= 15 is 0 Å². The molecule has 1 aliphatic heterocycles. The zero-order valence-corrected chi connectivity index (χ0v) is 16.9. The normalized spacial score (nSPS) is 18.0. The molecule has 1 unspecified atom stereocenters. The van der Waals surface area contributed by atoms with Crippen LogP contribution in [0.3, 0.4) is 0 Å². The molecule has 31 heavy (non-hydrogen) atoms. The van der Waals surface area contributed by atoms with E-state index in [4.69, 9.17) is 0 Å². The summed E-state index contributed by atoms with van der Waals surface area (Å²) in [6, 6.07) is 6.54. The molecule has 162 valence electrons. The van der Waals surface area contributed by atoms with E-state index in [0.717, 1.165) is 12.1 Å². The maximum Gasteiger partial charge on any atom is 0.337 e. The summed E-state index contributed by atoms with van der Waals surface area (Å²) in [6.45, 7) is 2.41. The van der Waals surface area contributed by atoms with E-state index in [-0.39, 0.29) is 11.1 Å². The van der Waals surface area contributed by atoms with Crippen molar-refractivity contribution in [2.45, 2.75) is 19.4 Å². The summed E-state index contributed by atoms with van der Waals surface area (Å²) in [5.41, 5.74) is -0.459. The number of carbonyl (C=O) groups excluding carboxylic acids is 4. The van der Waals surface area contributed by atoms with E-state index in [9.17, 15) is 28.0 Å². The highest BCUT2D eigenvalue weighted by Gasteiger charge is 2.49. The molecule has 8 nitrogen and oxygen atoms in total. The van der Waals surface area contributed by atoms with Crippen LogP contribution in [-0.2, 0) is 19.9 Å². The van der Waals surface area contributed by atoms with E-state index in [2.05, 4.69) is 15.4 Å². The van der Waals surface area contributed by atoms with E-state index < -0.39 is 47.5 Å². The third-order valence-corrected chi connectivity index (χ3v) is 5.01. The number of urea groups is 1. The summed E-state index contributed by atoms with van der Waals surface area (Å²) >= 11 is 0. The standard InChI is InChI=1S/C21H19F2N3O5/c1-11-4-5-12(18(28)31-3)8-16(11)24-17(27)10-26-19(29)21(2,25-20(26)30)13-6-7-14(22)15(23)9-13/h4-9H,10H2,1-3H3,(H,24,27)(H,25,30). The maximum absolute atomic E-state index is 13.6. The number of nitrogens with zero attached hydrogens (tertiary/aromatic N) is 1. The largest absolute Gasteiger partial charge is 0.465 e. The highest BCUT2D eigenvalue weighted by molar-refractivity contribution is 6.10. The number of carbonyl (C=O) groups is 4. The molecule has 10 heteroatoms. The van der Waals surface area contributed by atoms with Gasteiger partial charge in [-0.25, -0.2) is 18.4 Å². The van der Waals surface area contributed by atoms with Gasteiger partial charge in [0.15, 0.2) is 11.6 Å². The highest BCUT2D eigenvalue weighted by Crippen LogP contribution is 2.30.